The second kappa shape index (κ2) is 8.61. The molecule has 1 aliphatic heterocycles. The summed E-state index contributed by atoms with van der Waals surface area (Å²) in [5.74, 6) is 0.873. The van der Waals surface area contributed by atoms with Crippen molar-refractivity contribution in [2.24, 2.45) is 5.92 Å². The van der Waals surface area contributed by atoms with Gasteiger partial charge in [0, 0.05) is 39.1 Å². The van der Waals surface area contributed by atoms with E-state index in [-0.39, 0.29) is 10.8 Å². The minimum atomic E-state index is -3.50. The number of hydrogen-bond donors (Lipinski definition) is 0. The third kappa shape index (κ3) is 4.22. The molecule has 3 rings (SSSR count). The third-order valence-corrected chi connectivity index (χ3v) is 7.68. The number of aryl methyl sites for hydroxylation is 1. The molecule has 8 heteroatoms. The van der Waals surface area contributed by atoms with Gasteiger partial charge in [0.15, 0.2) is 0 Å². The Labute approximate surface area is 167 Å². The summed E-state index contributed by atoms with van der Waals surface area (Å²) in [4.78, 5) is 19.0. The van der Waals surface area contributed by atoms with E-state index < -0.39 is 10.0 Å². The number of piperidine rings is 1. The van der Waals surface area contributed by atoms with E-state index in [0.29, 0.717) is 37.5 Å². The van der Waals surface area contributed by atoms with Crippen molar-refractivity contribution in [3.8, 4) is 0 Å². The zero-order valence-corrected chi connectivity index (χ0v) is 17.8. The Balaban J connectivity index is 1.72. The second-order valence-corrected chi connectivity index (χ2v) is 9.43. The molecule has 0 aliphatic carbocycles. The first-order valence-corrected chi connectivity index (χ1v) is 11.5. The van der Waals surface area contributed by atoms with Crippen molar-refractivity contribution in [3.05, 3.63) is 24.5 Å². The Morgan fingerprint density at radius 3 is 2.54 bits per heavy atom. The maximum absolute atomic E-state index is 12.7. The fourth-order valence-electron chi connectivity index (χ4n) is 3.73. The molecule has 0 N–H and O–H groups in total. The molecule has 0 atom stereocenters. The number of amides is 1. The number of aromatic nitrogens is 2. The van der Waals surface area contributed by atoms with Crippen molar-refractivity contribution < 1.29 is 13.2 Å². The van der Waals surface area contributed by atoms with E-state index in [1.54, 1.807) is 24.5 Å². The van der Waals surface area contributed by atoms with Crippen molar-refractivity contribution in [1.82, 2.24) is 18.8 Å². The van der Waals surface area contributed by atoms with E-state index in [9.17, 15) is 13.2 Å². The average Bonchev–Trinajstić information content (AvgIpc) is 3.09. The van der Waals surface area contributed by atoms with E-state index in [1.807, 2.05) is 23.3 Å². The van der Waals surface area contributed by atoms with Gasteiger partial charge in [-0.2, -0.15) is 4.31 Å². The molecule has 2 aromatic rings. The minimum Gasteiger partial charge on any atom is -0.343 e. The summed E-state index contributed by atoms with van der Waals surface area (Å²) in [6.45, 7) is 8.99. The molecule has 28 heavy (non-hydrogen) atoms. The summed E-state index contributed by atoms with van der Waals surface area (Å²) in [6, 6.07) is 5.03. The van der Waals surface area contributed by atoms with Gasteiger partial charge in [-0.25, -0.2) is 13.4 Å². The highest BCUT2D eigenvalue weighted by Crippen LogP contribution is 2.22. The minimum absolute atomic E-state index is 0.175. The van der Waals surface area contributed by atoms with E-state index in [0.717, 1.165) is 31.4 Å². The van der Waals surface area contributed by atoms with Crippen LogP contribution in [0.3, 0.4) is 0 Å². The normalized spacial score (nSPS) is 16.2. The van der Waals surface area contributed by atoms with Crippen LogP contribution in [0.25, 0.3) is 11.0 Å². The van der Waals surface area contributed by atoms with Crippen LogP contribution in [0.5, 0.6) is 0 Å². The lowest BCUT2D eigenvalue weighted by molar-refractivity contribution is -0.132. The largest absolute Gasteiger partial charge is 0.343 e. The van der Waals surface area contributed by atoms with Crippen molar-refractivity contribution >= 4 is 27.0 Å². The van der Waals surface area contributed by atoms with Crippen LogP contribution in [0.2, 0.25) is 0 Å². The van der Waals surface area contributed by atoms with Crippen LogP contribution in [0.1, 0.15) is 40.0 Å². The Morgan fingerprint density at radius 1 is 1.21 bits per heavy atom. The summed E-state index contributed by atoms with van der Waals surface area (Å²) in [5, 5.41) is 0. The number of carbonyl (C=O) groups is 1. The van der Waals surface area contributed by atoms with Gasteiger partial charge < -0.3 is 9.47 Å². The predicted molar refractivity (Wildman–Crippen MR) is 109 cm³/mol. The highest BCUT2D eigenvalue weighted by molar-refractivity contribution is 7.89. The van der Waals surface area contributed by atoms with Crippen LogP contribution >= 0.6 is 0 Å². The van der Waals surface area contributed by atoms with Gasteiger partial charge in [0.05, 0.1) is 22.3 Å². The zero-order chi connectivity index (χ0) is 20.3. The number of nitrogens with zero attached hydrogens (tertiary/aromatic N) is 4. The summed E-state index contributed by atoms with van der Waals surface area (Å²) in [6.07, 6.45) is 4.26. The van der Waals surface area contributed by atoms with E-state index in [4.69, 9.17) is 0 Å². The third-order valence-electron chi connectivity index (χ3n) is 5.64. The number of rotatable bonds is 7. The maximum atomic E-state index is 12.7. The van der Waals surface area contributed by atoms with Crippen molar-refractivity contribution in [3.63, 3.8) is 0 Å². The van der Waals surface area contributed by atoms with Crippen LogP contribution < -0.4 is 0 Å². The van der Waals surface area contributed by atoms with E-state index in [1.165, 1.54) is 4.31 Å². The lowest BCUT2D eigenvalue weighted by atomic mass is 9.99. The molecule has 154 valence electrons. The van der Waals surface area contributed by atoms with E-state index in [2.05, 4.69) is 11.9 Å². The summed E-state index contributed by atoms with van der Waals surface area (Å²) in [7, 11) is -3.50. The van der Waals surface area contributed by atoms with Crippen LogP contribution in [0.15, 0.2) is 29.4 Å². The molecule has 0 unspecified atom stereocenters. The number of sulfonamides is 1. The maximum Gasteiger partial charge on any atom is 0.243 e. The first kappa shape index (κ1) is 20.8. The number of benzene rings is 1. The second-order valence-electron chi connectivity index (χ2n) is 7.49. The molecule has 0 radical (unpaired) electrons. The molecule has 1 aromatic carbocycles. The summed E-state index contributed by atoms with van der Waals surface area (Å²) < 4.78 is 28.8. The number of carbonyl (C=O) groups excluding carboxylic acids is 1. The van der Waals surface area contributed by atoms with Crippen molar-refractivity contribution in [1.29, 1.82) is 0 Å². The van der Waals surface area contributed by atoms with Gasteiger partial charge in [-0.3, -0.25) is 4.79 Å². The fourth-order valence-corrected chi connectivity index (χ4v) is 5.21. The monoisotopic (exact) mass is 406 g/mol. The Bertz CT molecular complexity index is 926. The van der Waals surface area contributed by atoms with Gasteiger partial charge in [-0.15, -0.1) is 0 Å². The Hall–Kier alpha value is -1.93. The molecule has 1 amide bonds. The summed E-state index contributed by atoms with van der Waals surface area (Å²) >= 11 is 0. The molecular formula is C20H30N4O3S. The molecule has 2 heterocycles. The first-order valence-electron chi connectivity index (χ1n) is 10.1. The highest BCUT2D eigenvalue weighted by Gasteiger charge is 2.23. The molecule has 1 aromatic heterocycles. The lowest BCUT2D eigenvalue weighted by Gasteiger charge is -2.30. The highest BCUT2D eigenvalue weighted by atomic mass is 32.2. The smallest absolute Gasteiger partial charge is 0.243 e. The summed E-state index contributed by atoms with van der Waals surface area (Å²) in [5.41, 5.74) is 1.48. The molecule has 7 nitrogen and oxygen atoms in total. The number of likely N-dealkylation sites (tertiary alicyclic amines) is 1. The fraction of sp³-hybridized carbons (Fsp3) is 0.600. The van der Waals surface area contributed by atoms with Gasteiger partial charge in [0.25, 0.3) is 0 Å². The first-order chi connectivity index (χ1) is 13.4. The SMILES string of the molecule is CCN(CC)S(=O)(=O)c1ccc2c(c1)ncn2CCC(=O)N1CCC(C)CC1. The Morgan fingerprint density at radius 2 is 1.89 bits per heavy atom. The topological polar surface area (TPSA) is 75.5 Å². The average molecular weight is 407 g/mol. The van der Waals surface area contributed by atoms with Gasteiger partial charge >= 0.3 is 0 Å². The molecule has 0 bridgehead atoms. The number of hydrogen-bond acceptors (Lipinski definition) is 4. The zero-order valence-electron chi connectivity index (χ0n) is 17.0. The van der Waals surface area contributed by atoms with Gasteiger partial charge in [0.2, 0.25) is 15.9 Å². The Kier molecular flexibility index (Phi) is 6.40. The van der Waals surface area contributed by atoms with Crippen LogP contribution in [-0.4, -0.2) is 59.3 Å². The molecule has 0 spiro atoms. The lowest BCUT2D eigenvalue weighted by Crippen LogP contribution is -2.38. The van der Waals surface area contributed by atoms with Gasteiger partial charge in [-0.05, 0) is 37.0 Å². The van der Waals surface area contributed by atoms with Gasteiger partial charge in [-0.1, -0.05) is 20.8 Å². The predicted octanol–water partition coefficient (Wildman–Crippen LogP) is 2.72. The molecule has 1 fully saturated rings. The van der Waals surface area contributed by atoms with Crippen molar-refractivity contribution in [2.45, 2.75) is 51.5 Å². The number of imidazole rings is 1. The van der Waals surface area contributed by atoms with Crippen molar-refractivity contribution in [2.75, 3.05) is 26.2 Å². The van der Waals surface area contributed by atoms with Crippen LogP contribution in [0.4, 0.5) is 0 Å². The molecule has 0 saturated carbocycles. The van der Waals surface area contributed by atoms with Crippen LogP contribution in [-0.2, 0) is 21.4 Å². The molecule has 1 saturated heterocycles. The molecular weight excluding hydrogens is 376 g/mol. The van der Waals surface area contributed by atoms with E-state index >= 15 is 0 Å². The molecule has 1 aliphatic rings. The standard InChI is InChI=1S/C20H30N4O3S/c1-4-24(5-2)28(26,27)17-6-7-19-18(14-17)21-15-23(19)13-10-20(25)22-11-8-16(3)9-12-22/h6-7,14-16H,4-5,8-13H2,1-3H3. The number of fused-ring (bicyclic) bond motifs is 1. The van der Waals surface area contributed by atoms with Crippen LogP contribution in [0, 0.1) is 5.92 Å². The van der Waals surface area contributed by atoms with Gasteiger partial charge in [0.1, 0.15) is 0 Å². The quantitative estimate of drug-likeness (QED) is 0.708.